The summed E-state index contributed by atoms with van der Waals surface area (Å²) in [5.41, 5.74) is 1.53. The Kier molecular flexibility index (Phi) is 6.48. The number of fused-ring (bicyclic) bond motifs is 1. The maximum Gasteiger partial charge on any atom is 0.154 e. The molecule has 1 fully saturated rings. The fourth-order valence-corrected chi connectivity index (χ4v) is 2.88. The minimum absolute atomic E-state index is 0. The molecule has 2 aromatic rings. The predicted octanol–water partition coefficient (Wildman–Crippen LogP) is 3.00. The summed E-state index contributed by atoms with van der Waals surface area (Å²) in [6.45, 7) is 2.04. The second kappa shape index (κ2) is 7.68. The molecule has 3 rings (SSSR count). The van der Waals surface area contributed by atoms with Crippen molar-refractivity contribution in [2.75, 3.05) is 25.0 Å². The van der Waals surface area contributed by atoms with Gasteiger partial charge in [0.1, 0.15) is 5.75 Å². The largest absolute Gasteiger partial charge is 0.507 e. The highest BCUT2D eigenvalue weighted by molar-refractivity contribution is 6.01. The van der Waals surface area contributed by atoms with Crippen LogP contribution in [-0.2, 0) is 0 Å². The lowest BCUT2D eigenvalue weighted by molar-refractivity contribution is 0.112. The van der Waals surface area contributed by atoms with E-state index in [2.05, 4.69) is 16.3 Å². The SMILES string of the molecule is CNC1CCN(c2ccc3c(C=O)c(O)ccc3c2)C1.Cl.Cl. The third-order valence-electron chi connectivity index (χ3n) is 4.10. The van der Waals surface area contributed by atoms with Gasteiger partial charge in [-0.15, -0.1) is 24.8 Å². The van der Waals surface area contributed by atoms with Crippen molar-refractivity contribution in [3.05, 3.63) is 35.9 Å². The standard InChI is InChI=1S/C16H18N2O2.2ClH/c1-17-12-6-7-18(9-12)13-3-4-14-11(8-13)2-5-16(20)15(14)10-19;;/h2-5,8,10,12,17,20H,6-7,9H2,1H3;2*1H. The zero-order chi connectivity index (χ0) is 14.1. The fourth-order valence-electron chi connectivity index (χ4n) is 2.88. The lowest BCUT2D eigenvalue weighted by Gasteiger charge is -2.19. The Morgan fingerprint density at radius 3 is 2.68 bits per heavy atom. The number of hydrogen-bond acceptors (Lipinski definition) is 4. The van der Waals surface area contributed by atoms with Crippen LogP contribution in [0, 0.1) is 0 Å². The van der Waals surface area contributed by atoms with Crippen molar-refractivity contribution in [2.45, 2.75) is 12.5 Å². The number of nitrogens with zero attached hydrogens (tertiary/aromatic N) is 1. The number of nitrogens with one attached hydrogen (secondary N) is 1. The molecule has 1 unspecified atom stereocenters. The summed E-state index contributed by atoms with van der Waals surface area (Å²) in [5.74, 6) is 0.0386. The Balaban J connectivity index is 0.00000121. The molecule has 0 radical (unpaired) electrons. The van der Waals surface area contributed by atoms with Gasteiger partial charge in [0.25, 0.3) is 0 Å². The van der Waals surface area contributed by atoms with E-state index in [-0.39, 0.29) is 30.6 Å². The number of benzene rings is 2. The average Bonchev–Trinajstić information content (AvgIpc) is 2.95. The number of aldehydes is 1. The van der Waals surface area contributed by atoms with E-state index < -0.39 is 0 Å². The Labute approximate surface area is 142 Å². The number of carbonyl (C=O) groups excluding carboxylic acids is 1. The van der Waals surface area contributed by atoms with Crippen molar-refractivity contribution in [1.29, 1.82) is 0 Å². The molecular formula is C16H20Cl2N2O2. The van der Waals surface area contributed by atoms with Gasteiger partial charge < -0.3 is 15.3 Å². The van der Waals surface area contributed by atoms with Crippen LogP contribution in [0.1, 0.15) is 16.8 Å². The number of likely N-dealkylation sites (N-methyl/N-ethyl adjacent to an activating group) is 1. The van der Waals surface area contributed by atoms with E-state index in [1.807, 2.05) is 25.2 Å². The minimum Gasteiger partial charge on any atom is -0.507 e. The monoisotopic (exact) mass is 342 g/mol. The summed E-state index contributed by atoms with van der Waals surface area (Å²) in [7, 11) is 1.99. The van der Waals surface area contributed by atoms with E-state index in [4.69, 9.17) is 0 Å². The predicted molar refractivity (Wildman–Crippen MR) is 95.2 cm³/mol. The van der Waals surface area contributed by atoms with Crippen molar-refractivity contribution in [3.8, 4) is 5.75 Å². The molecular weight excluding hydrogens is 323 g/mol. The van der Waals surface area contributed by atoms with Gasteiger partial charge >= 0.3 is 0 Å². The molecule has 0 amide bonds. The number of aromatic hydroxyl groups is 1. The zero-order valence-corrected chi connectivity index (χ0v) is 13.9. The molecule has 1 aliphatic heterocycles. The quantitative estimate of drug-likeness (QED) is 0.842. The first-order valence-electron chi connectivity index (χ1n) is 6.86. The molecule has 1 heterocycles. The average molecular weight is 343 g/mol. The first-order chi connectivity index (χ1) is 9.72. The van der Waals surface area contributed by atoms with Crippen molar-refractivity contribution in [3.63, 3.8) is 0 Å². The first kappa shape index (κ1) is 18.6. The molecule has 2 N–H and O–H groups in total. The van der Waals surface area contributed by atoms with Gasteiger partial charge in [0.15, 0.2) is 6.29 Å². The highest BCUT2D eigenvalue weighted by atomic mass is 35.5. The number of carbonyl (C=O) groups is 1. The number of phenols is 1. The van der Waals surface area contributed by atoms with Crippen LogP contribution in [0.4, 0.5) is 5.69 Å². The maximum absolute atomic E-state index is 11.1. The van der Waals surface area contributed by atoms with Crippen LogP contribution in [0.3, 0.4) is 0 Å². The molecule has 120 valence electrons. The van der Waals surface area contributed by atoms with Gasteiger partial charge in [0, 0.05) is 24.8 Å². The second-order valence-corrected chi connectivity index (χ2v) is 5.24. The van der Waals surface area contributed by atoms with Crippen LogP contribution in [0.25, 0.3) is 10.8 Å². The van der Waals surface area contributed by atoms with Crippen LogP contribution in [0.5, 0.6) is 5.75 Å². The van der Waals surface area contributed by atoms with Crippen molar-refractivity contribution >= 4 is 47.6 Å². The van der Waals surface area contributed by atoms with Gasteiger partial charge in [0.2, 0.25) is 0 Å². The molecule has 0 spiro atoms. The van der Waals surface area contributed by atoms with Crippen molar-refractivity contribution in [2.24, 2.45) is 0 Å². The third kappa shape index (κ3) is 3.29. The molecule has 1 atom stereocenters. The van der Waals surface area contributed by atoms with Gasteiger partial charge in [-0.05, 0) is 42.4 Å². The number of phenolic OH excluding ortho intramolecular Hbond substituents is 1. The van der Waals surface area contributed by atoms with Gasteiger partial charge in [0.05, 0.1) is 5.56 Å². The Morgan fingerprint density at radius 2 is 2.05 bits per heavy atom. The molecule has 4 nitrogen and oxygen atoms in total. The van der Waals surface area contributed by atoms with Crippen LogP contribution < -0.4 is 10.2 Å². The molecule has 0 saturated carbocycles. The molecule has 0 aromatic heterocycles. The van der Waals surface area contributed by atoms with E-state index in [1.165, 1.54) is 0 Å². The van der Waals surface area contributed by atoms with Crippen LogP contribution >= 0.6 is 24.8 Å². The summed E-state index contributed by atoms with van der Waals surface area (Å²) in [5, 5.41) is 14.8. The number of halogens is 2. The summed E-state index contributed by atoms with van der Waals surface area (Å²) in [4.78, 5) is 13.4. The topological polar surface area (TPSA) is 52.6 Å². The van der Waals surface area contributed by atoms with Gasteiger partial charge in [-0.3, -0.25) is 4.79 Å². The van der Waals surface area contributed by atoms with E-state index in [1.54, 1.807) is 6.07 Å². The Morgan fingerprint density at radius 1 is 1.27 bits per heavy atom. The lowest BCUT2D eigenvalue weighted by atomic mass is 10.0. The Bertz CT molecular complexity index is 664. The molecule has 1 saturated heterocycles. The summed E-state index contributed by atoms with van der Waals surface area (Å²) in [6, 6.07) is 9.99. The van der Waals surface area contributed by atoms with Crippen molar-refractivity contribution in [1.82, 2.24) is 5.32 Å². The maximum atomic E-state index is 11.1. The highest BCUT2D eigenvalue weighted by Crippen LogP contribution is 2.30. The second-order valence-electron chi connectivity index (χ2n) is 5.24. The van der Waals surface area contributed by atoms with E-state index >= 15 is 0 Å². The Hall–Kier alpha value is -1.49. The van der Waals surface area contributed by atoms with Crippen LogP contribution in [-0.4, -0.2) is 37.6 Å². The number of anilines is 1. The van der Waals surface area contributed by atoms with Gasteiger partial charge in [-0.2, -0.15) is 0 Å². The zero-order valence-electron chi connectivity index (χ0n) is 12.3. The molecule has 0 bridgehead atoms. The minimum atomic E-state index is 0. The van der Waals surface area contributed by atoms with Crippen LogP contribution in [0.2, 0.25) is 0 Å². The van der Waals surface area contributed by atoms with Gasteiger partial charge in [-0.1, -0.05) is 12.1 Å². The molecule has 0 aliphatic carbocycles. The van der Waals surface area contributed by atoms with Crippen molar-refractivity contribution < 1.29 is 9.90 Å². The molecule has 6 heteroatoms. The fraction of sp³-hybridized carbons (Fsp3) is 0.312. The lowest BCUT2D eigenvalue weighted by Crippen LogP contribution is -2.29. The number of rotatable bonds is 3. The number of hydrogen-bond donors (Lipinski definition) is 2. The van der Waals surface area contributed by atoms with Crippen LogP contribution in [0.15, 0.2) is 30.3 Å². The highest BCUT2D eigenvalue weighted by Gasteiger charge is 2.21. The molecule has 1 aliphatic rings. The van der Waals surface area contributed by atoms with Gasteiger partial charge in [-0.25, -0.2) is 0 Å². The molecule has 2 aromatic carbocycles. The summed E-state index contributed by atoms with van der Waals surface area (Å²) >= 11 is 0. The summed E-state index contributed by atoms with van der Waals surface area (Å²) < 4.78 is 0. The van der Waals surface area contributed by atoms with E-state index in [0.717, 1.165) is 36.0 Å². The normalized spacial score (nSPS) is 17.0. The molecule has 22 heavy (non-hydrogen) atoms. The van der Waals surface area contributed by atoms with E-state index in [9.17, 15) is 9.90 Å². The first-order valence-corrected chi connectivity index (χ1v) is 6.86. The smallest absolute Gasteiger partial charge is 0.154 e. The van der Waals surface area contributed by atoms with E-state index in [0.29, 0.717) is 17.9 Å². The third-order valence-corrected chi connectivity index (χ3v) is 4.10. The summed E-state index contributed by atoms with van der Waals surface area (Å²) in [6.07, 6.45) is 1.86.